The topological polar surface area (TPSA) is 89.6 Å². The highest BCUT2D eigenvalue weighted by atomic mass is 16.5. The summed E-state index contributed by atoms with van der Waals surface area (Å²) in [5, 5.41) is 9.28. The lowest BCUT2D eigenvalue weighted by molar-refractivity contribution is 0.0697. The fourth-order valence-corrected chi connectivity index (χ4v) is 2.18. The van der Waals surface area contributed by atoms with E-state index in [0.29, 0.717) is 17.9 Å². The average Bonchev–Trinajstić information content (AvgIpc) is 2.59. The van der Waals surface area contributed by atoms with E-state index >= 15 is 0 Å². The van der Waals surface area contributed by atoms with Crippen molar-refractivity contribution in [2.24, 2.45) is 0 Å². The van der Waals surface area contributed by atoms with Gasteiger partial charge in [-0.15, -0.1) is 0 Å². The van der Waals surface area contributed by atoms with Crippen LogP contribution in [0.5, 0.6) is 5.75 Å². The summed E-state index contributed by atoms with van der Waals surface area (Å²) in [6.07, 6.45) is 1.64. The van der Waals surface area contributed by atoms with Crippen molar-refractivity contribution in [2.45, 2.75) is 0 Å². The summed E-state index contributed by atoms with van der Waals surface area (Å²) in [4.78, 5) is 27.4. The number of benzene rings is 2. The van der Waals surface area contributed by atoms with Gasteiger partial charge in [0.15, 0.2) is 0 Å². The van der Waals surface area contributed by atoms with Crippen molar-refractivity contribution < 1.29 is 19.1 Å². The lowest BCUT2D eigenvalue weighted by atomic mass is 10.1. The number of ether oxygens (including phenoxy) is 1. The summed E-state index contributed by atoms with van der Waals surface area (Å²) in [6, 6.07) is 10.9. The molecule has 1 N–H and O–H groups in total. The molecule has 3 aromatic rings. The normalized spacial score (nSPS) is 10.5. The third-order valence-electron chi connectivity index (χ3n) is 3.35. The Labute approximate surface area is 136 Å². The lowest BCUT2D eigenvalue weighted by Crippen LogP contribution is -2.05. The summed E-state index contributed by atoms with van der Waals surface area (Å²) in [5.41, 5.74) is 0.340. The SMILES string of the molecule is C=CCOc1ccc(-c2nc3cc(C(=O)O)ccc3c(=O)o2)cc1. The van der Waals surface area contributed by atoms with E-state index in [0.717, 1.165) is 0 Å². The molecule has 0 saturated heterocycles. The van der Waals surface area contributed by atoms with Crippen LogP contribution in [0.25, 0.3) is 22.4 Å². The van der Waals surface area contributed by atoms with Gasteiger partial charge in [0.25, 0.3) is 0 Å². The number of aromatic nitrogens is 1. The van der Waals surface area contributed by atoms with Gasteiger partial charge < -0.3 is 14.3 Å². The van der Waals surface area contributed by atoms with Gasteiger partial charge in [-0.25, -0.2) is 14.6 Å². The second-order valence-corrected chi connectivity index (χ2v) is 4.97. The maximum atomic E-state index is 12.1. The van der Waals surface area contributed by atoms with Gasteiger partial charge in [-0.1, -0.05) is 12.7 Å². The van der Waals surface area contributed by atoms with Crippen LogP contribution in [0.3, 0.4) is 0 Å². The third kappa shape index (κ3) is 3.03. The van der Waals surface area contributed by atoms with Crippen LogP contribution in [-0.4, -0.2) is 22.7 Å². The molecule has 0 fully saturated rings. The van der Waals surface area contributed by atoms with Gasteiger partial charge in [-0.3, -0.25) is 0 Å². The fourth-order valence-electron chi connectivity index (χ4n) is 2.18. The Hall–Kier alpha value is -3.41. The van der Waals surface area contributed by atoms with Gasteiger partial charge in [-0.05, 0) is 42.5 Å². The van der Waals surface area contributed by atoms with Crippen molar-refractivity contribution in [1.82, 2.24) is 4.98 Å². The van der Waals surface area contributed by atoms with Gasteiger partial charge in [0.05, 0.1) is 16.5 Å². The largest absolute Gasteiger partial charge is 0.490 e. The van der Waals surface area contributed by atoms with Gasteiger partial charge in [0, 0.05) is 5.56 Å². The molecular formula is C18H13NO5. The van der Waals surface area contributed by atoms with Gasteiger partial charge in [-0.2, -0.15) is 0 Å². The summed E-state index contributed by atoms with van der Waals surface area (Å²) in [6.45, 7) is 3.96. The first kappa shape index (κ1) is 15.5. The number of rotatable bonds is 5. The monoisotopic (exact) mass is 323 g/mol. The minimum Gasteiger partial charge on any atom is -0.490 e. The molecule has 3 rings (SSSR count). The van der Waals surface area contributed by atoms with Gasteiger partial charge in [0.1, 0.15) is 12.4 Å². The maximum absolute atomic E-state index is 12.1. The van der Waals surface area contributed by atoms with Crippen LogP contribution in [0.2, 0.25) is 0 Å². The molecule has 120 valence electrons. The van der Waals surface area contributed by atoms with Crippen molar-refractivity contribution in [2.75, 3.05) is 6.61 Å². The van der Waals surface area contributed by atoms with E-state index < -0.39 is 11.6 Å². The summed E-state index contributed by atoms with van der Waals surface area (Å²) in [7, 11) is 0. The lowest BCUT2D eigenvalue weighted by Gasteiger charge is -2.05. The minimum absolute atomic E-state index is 0.0553. The van der Waals surface area contributed by atoms with Crippen molar-refractivity contribution in [3.05, 3.63) is 71.1 Å². The van der Waals surface area contributed by atoms with Crippen LogP contribution in [-0.2, 0) is 0 Å². The molecule has 0 amide bonds. The van der Waals surface area contributed by atoms with E-state index in [1.807, 2.05) is 0 Å². The summed E-state index contributed by atoms with van der Waals surface area (Å²) in [5.74, 6) is -0.322. The number of carboxylic acid groups (broad SMARTS) is 1. The zero-order chi connectivity index (χ0) is 17.1. The Kier molecular flexibility index (Phi) is 4.11. The van der Waals surface area contributed by atoms with Crippen molar-refractivity contribution >= 4 is 16.9 Å². The van der Waals surface area contributed by atoms with Crippen LogP contribution >= 0.6 is 0 Å². The molecule has 0 bridgehead atoms. The Morgan fingerprint density at radius 2 is 2.00 bits per heavy atom. The number of hydrogen-bond acceptors (Lipinski definition) is 5. The van der Waals surface area contributed by atoms with Gasteiger partial charge >= 0.3 is 11.6 Å². The Bertz CT molecular complexity index is 973. The molecule has 1 aromatic heterocycles. The Balaban J connectivity index is 2.04. The molecule has 6 heteroatoms. The highest BCUT2D eigenvalue weighted by molar-refractivity contribution is 5.93. The smallest absolute Gasteiger partial charge is 0.347 e. The van der Waals surface area contributed by atoms with Crippen molar-refractivity contribution in [3.63, 3.8) is 0 Å². The van der Waals surface area contributed by atoms with Crippen LogP contribution in [0.1, 0.15) is 10.4 Å². The zero-order valence-corrected chi connectivity index (χ0v) is 12.6. The highest BCUT2D eigenvalue weighted by Gasteiger charge is 2.11. The zero-order valence-electron chi connectivity index (χ0n) is 12.6. The molecule has 24 heavy (non-hydrogen) atoms. The molecule has 0 radical (unpaired) electrons. The molecule has 0 atom stereocenters. The van der Waals surface area contributed by atoms with E-state index in [4.69, 9.17) is 14.3 Å². The molecule has 0 unspecified atom stereocenters. The van der Waals surface area contributed by atoms with Crippen LogP contribution < -0.4 is 10.4 Å². The average molecular weight is 323 g/mol. The number of fused-ring (bicyclic) bond motifs is 1. The van der Waals surface area contributed by atoms with E-state index in [2.05, 4.69) is 11.6 Å². The van der Waals surface area contributed by atoms with E-state index in [1.165, 1.54) is 18.2 Å². The predicted molar refractivity (Wildman–Crippen MR) is 88.4 cm³/mol. The van der Waals surface area contributed by atoms with Crippen molar-refractivity contribution in [1.29, 1.82) is 0 Å². The second kappa shape index (κ2) is 6.37. The molecule has 0 aliphatic carbocycles. The molecule has 2 aromatic carbocycles. The molecule has 0 aliphatic rings. The maximum Gasteiger partial charge on any atom is 0.347 e. The molecular weight excluding hydrogens is 310 g/mol. The Morgan fingerprint density at radius 3 is 2.67 bits per heavy atom. The molecule has 0 saturated carbocycles. The van der Waals surface area contributed by atoms with E-state index in [1.54, 1.807) is 30.3 Å². The third-order valence-corrected chi connectivity index (χ3v) is 3.35. The Morgan fingerprint density at radius 1 is 1.25 bits per heavy atom. The quantitative estimate of drug-likeness (QED) is 0.726. The summed E-state index contributed by atoms with van der Waals surface area (Å²) >= 11 is 0. The first-order chi connectivity index (χ1) is 11.6. The van der Waals surface area contributed by atoms with Crippen LogP contribution in [0.4, 0.5) is 0 Å². The molecule has 1 heterocycles. The number of carboxylic acids is 1. The second-order valence-electron chi connectivity index (χ2n) is 4.97. The minimum atomic E-state index is -1.09. The van der Waals surface area contributed by atoms with Crippen LogP contribution in [0.15, 0.2) is 64.3 Å². The number of aromatic carboxylic acids is 1. The fraction of sp³-hybridized carbons (Fsp3) is 0.0556. The molecule has 0 aliphatic heterocycles. The van der Waals surface area contributed by atoms with Gasteiger partial charge in [0.2, 0.25) is 5.89 Å². The number of carbonyl (C=O) groups is 1. The standard InChI is InChI=1S/C18H13NO5/c1-2-9-23-13-6-3-11(4-7-13)16-19-15-10-12(17(20)21)5-8-14(15)18(22)24-16/h2-8,10H,1,9H2,(H,20,21). The first-order valence-corrected chi connectivity index (χ1v) is 7.11. The van der Waals surface area contributed by atoms with Crippen LogP contribution in [0, 0.1) is 0 Å². The summed E-state index contributed by atoms with van der Waals surface area (Å²) < 4.78 is 10.6. The predicted octanol–water partition coefficient (Wildman–Crippen LogP) is 3.12. The molecule has 6 nitrogen and oxygen atoms in total. The van der Waals surface area contributed by atoms with Crippen molar-refractivity contribution in [3.8, 4) is 17.2 Å². The van der Waals surface area contributed by atoms with E-state index in [-0.39, 0.29) is 22.4 Å². The van der Waals surface area contributed by atoms with E-state index in [9.17, 15) is 9.59 Å². The number of nitrogens with zero attached hydrogens (tertiary/aromatic N) is 1. The first-order valence-electron chi connectivity index (χ1n) is 7.11. The molecule has 0 spiro atoms. The highest BCUT2D eigenvalue weighted by Crippen LogP contribution is 2.22. The number of hydrogen-bond donors (Lipinski definition) is 1.